The number of aromatic nitrogens is 3. The second-order valence-electron chi connectivity index (χ2n) is 5.58. The molecule has 138 valence electrons. The van der Waals surface area contributed by atoms with Gasteiger partial charge in [0.1, 0.15) is 11.6 Å². The van der Waals surface area contributed by atoms with Crippen LogP contribution in [0.2, 0.25) is 0 Å². The molecule has 3 heterocycles. The highest BCUT2D eigenvalue weighted by molar-refractivity contribution is 7.99. The first kappa shape index (κ1) is 21.8. The molecular weight excluding hydrogens is 381 g/mol. The number of nitrogens with zero attached hydrogens (tertiary/aromatic N) is 3. The van der Waals surface area contributed by atoms with Crippen molar-refractivity contribution in [2.24, 2.45) is 0 Å². The summed E-state index contributed by atoms with van der Waals surface area (Å²) in [6, 6.07) is 4.21. The van der Waals surface area contributed by atoms with Crippen molar-refractivity contribution in [1.82, 2.24) is 25.2 Å². The molecule has 1 aliphatic rings. The molecule has 0 saturated carbocycles. The van der Waals surface area contributed by atoms with Crippen molar-refractivity contribution in [1.29, 1.82) is 0 Å². The molecule has 1 amide bonds. The molecular formula is C16H23Cl2N5OS. The molecule has 0 bridgehead atoms. The number of pyridine rings is 1. The Labute approximate surface area is 164 Å². The van der Waals surface area contributed by atoms with Crippen molar-refractivity contribution in [2.75, 3.05) is 18.1 Å². The Morgan fingerprint density at radius 3 is 2.84 bits per heavy atom. The number of halogens is 2. The van der Waals surface area contributed by atoms with Gasteiger partial charge in [0, 0.05) is 55.6 Å². The van der Waals surface area contributed by atoms with Gasteiger partial charge in [-0.3, -0.25) is 9.36 Å². The Balaban J connectivity index is 0.00000156. The number of aryl methyl sites for hydroxylation is 1. The average Bonchev–Trinajstić information content (AvgIpc) is 3.00. The summed E-state index contributed by atoms with van der Waals surface area (Å²) in [4.78, 5) is 20.6. The molecule has 1 saturated heterocycles. The minimum absolute atomic E-state index is 0. The quantitative estimate of drug-likeness (QED) is 0.799. The molecule has 0 spiro atoms. The summed E-state index contributed by atoms with van der Waals surface area (Å²) in [5.41, 5.74) is 0.992. The van der Waals surface area contributed by atoms with Gasteiger partial charge in [-0.2, -0.15) is 11.8 Å². The fraction of sp³-hybridized carbons (Fsp3) is 0.438. The number of hydrogen-bond acceptors (Lipinski definition) is 5. The third-order valence-corrected chi connectivity index (χ3v) is 4.93. The zero-order chi connectivity index (χ0) is 16.1. The molecule has 25 heavy (non-hydrogen) atoms. The summed E-state index contributed by atoms with van der Waals surface area (Å²) in [6.45, 7) is 3.43. The van der Waals surface area contributed by atoms with Crippen LogP contribution in [-0.4, -0.2) is 44.5 Å². The number of rotatable bonds is 5. The number of hydrogen-bond donors (Lipinski definition) is 2. The summed E-state index contributed by atoms with van der Waals surface area (Å²) < 4.78 is 1.93. The number of nitrogens with one attached hydrogen (secondary N) is 2. The summed E-state index contributed by atoms with van der Waals surface area (Å²) in [5, 5.41) is 6.34. The van der Waals surface area contributed by atoms with Gasteiger partial charge in [-0.15, -0.1) is 24.8 Å². The predicted octanol–water partition coefficient (Wildman–Crippen LogP) is 2.13. The first-order valence-electron chi connectivity index (χ1n) is 7.75. The van der Waals surface area contributed by atoms with Gasteiger partial charge < -0.3 is 10.6 Å². The van der Waals surface area contributed by atoms with E-state index in [1.807, 2.05) is 41.6 Å². The Morgan fingerprint density at radius 1 is 1.40 bits per heavy atom. The molecule has 2 N–H and O–H groups in total. The van der Waals surface area contributed by atoms with Crippen molar-refractivity contribution < 1.29 is 4.79 Å². The zero-order valence-electron chi connectivity index (χ0n) is 14.0. The Bertz CT molecular complexity index is 659. The third-order valence-electron chi connectivity index (χ3n) is 3.80. The van der Waals surface area contributed by atoms with Crippen molar-refractivity contribution in [2.45, 2.75) is 25.9 Å². The minimum Gasteiger partial charge on any atom is -0.352 e. The second kappa shape index (κ2) is 10.7. The minimum atomic E-state index is 0. The van der Waals surface area contributed by atoms with E-state index in [0.29, 0.717) is 19.0 Å². The van der Waals surface area contributed by atoms with Crippen LogP contribution < -0.4 is 10.6 Å². The van der Waals surface area contributed by atoms with Crippen LogP contribution in [0.5, 0.6) is 0 Å². The Morgan fingerprint density at radius 2 is 2.24 bits per heavy atom. The monoisotopic (exact) mass is 403 g/mol. The molecule has 1 atom stereocenters. The van der Waals surface area contributed by atoms with Crippen molar-refractivity contribution in [3.05, 3.63) is 42.1 Å². The molecule has 1 unspecified atom stereocenters. The maximum atomic E-state index is 12.0. The molecule has 0 radical (unpaired) electrons. The first-order chi connectivity index (χ1) is 11.2. The lowest BCUT2D eigenvalue weighted by molar-refractivity contribution is -0.121. The normalized spacial score (nSPS) is 16.4. The zero-order valence-corrected chi connectivity index (χ0v) is 16.4. The first-order valence-corrected chi connectivity index (χ1v) is 8.91. The van der Waals surface area contributed by atoms with Crippen LogP contribution in [0.4, 0.5) is 0 Å². The highest BCUT2D eigenvalue weighted by Crippen LogP contribution is 2.11. The van der Waals surface area contributed by atoms with Gasteiger partial charge in [-0.25, -0.2) is 9.97 Å². The lowest BCUT2D eigenvalue weighted by atomic mass is 10.2. The van der Waals surface area contributed by atoms with Crippen molar-refractivity contribution >= 4 is 42.5 Å². The van der Waals surface area contributed by atoms with E-state index in [2.05, 4.69) is 20.6 Å². The van der Waals surface area contributed by atoms with Crippen molar-refractivity contribution in [3.63, 3.8) is 0 Å². The summed E-state index contributed by atoms with van der Waals surface area (Å²) in [7, 11) is 0. The summed E-state index contributed by atoms with van der Waals surface area (Å²) >= 11 is 1.90. The topological polar surface area (TPSA) is 71.8 Å². The molecule has 3 rings (SSSR count). The van der Waals surface area contributed by atoms with E-state index in [1.54, 1.807) is 12.4 Å². The van der Waals surface area contributed by atoms with Gasteiger partial charge in [0.05, 0.1) is 0 Å². The van der Waals surface area contributed by atoms with E-state index in [-0.39, 0.29) is 30.7 Å². The standard InChI is InChI=1S/C16H21N5OS.2ClH/c1-12-17-4-6-21(12)15-3-2-13(9-19-15)10-20-16(22)8-14-11-23-7-5-18-14;;/h2-4,6,9,14,18H,5,7-8,10-11H2,1H3,(H,20,22);2*1H. The third kappa shape index (κ3) is 6.18. The number of amides is 1. The van der Waals surface area contributed by atoms with E-state index in [9.17, 15) is 4.79 Å². The van der Waals surface area contributed by atoms with Gasteiger partial charge in [0.25, 0.3) is 0 Å². The molecule has 0 aromatic carbocycles. The predicted molar refractivity (Wildman–Crippen MR) is 106 cm³/mol. The van der Waals surface area contributed by atoms with E-state index < -0.39 is 0 Å². The summed E-state index contributed by atoms with van der Waals surface area (Å²) in [5.74, 6) is 3.95. The van der Waals surface area contributed by atoms with E-state index in [4.69, 9.17) is 0 Å². The molecule has 6 nitrogen and oxygen atoms in total. The van der Waals surface area contributed by atoms with Crippen LogP contribution >= 0.6 is 36.6 Å². The van der Waals surface area contributed by atoms with Gasteiger partial charge in [-0.1, -0.05) is 6.07 Å². The Hall–Kier alpha value is -1.28. The molecule has 1 fully saturated rings. The number of carbonyl (C=O) groups is 1. The second-order valence-corrected chi connectivity index (χ2v) is 6.73. The average molecular weight is 404 g/mol. The number of thioether (sulfide) groups is 1. The maximum absolute atomic E-state index is 12.0. The van der Waals surface area contributed by atoms with E-state index in [1.165, 1.54) is 0 Å². The lowest BCUT2D eigenvalue weighted by Gasteiger charge is -2.22. The van der Waals surface area contributed by atoms with Gasteiger partial charge >= 0.3 is 0 Å². The van der Waals surface area contributed by atoms with Crippen molar-refractivity contribution in [3.8, 4) is 5.82 Å². The fourth-order valence-corrected chi connectivity index (χ4v) is 3.48. The molecule has 0 aliphatic carbocycles. The maximum Gasteiger partial charge on any atom is 0.221 e. The highest BCUT2D eigenvalue weighted by Gasteiger charge is 2.16. The van der Waals surface area contributed by atoms with E-state index in [0.717, 1.165) is 35.3 Å². The van der Waals surface area contributed by atoms with Crippen LogP contribution in [0.1, 0.15) is 17.8 Å². The highest BCUT2D eigenvalue weighted by atomic mass is 35.5. The number of imidazole rings is 1. The fourth-order valence-electron chi connectivity index (χ4n) is 2.53. The smallest absolute Gasteiger partial charge is 0.221 e. The van der Waals surface area contributed by atoms with E-state index >= 15 is 0 Å². The van der Waals surface area contributed by atoms with Gasteiger partial charge in [-0.05, 0) is 18.6 Å². The van der Waals surface area contributed by atoms with Crippen LogP contribution in [0.25, 0.3) is 5.82 Å². The van der Waals surface area contributed by atoms with Crippen LogP contribution in [0, 0.1) is 6.92 Å². The summed E-state index contributed by atoms with van der Waals surface area (Å²) in [6.07, 6.45) is 5.97. The van der Waals surface area contributed by atoms with Crippen LogP contribution in [-0.2, 0) is 11.3 Å². The molecule has 2 aromatic heterocycles. The lowest BCUT2D eigenvalue weighted by Crippen LogP contribution is -2.41. The largest absolute Gasteiger partial charge is 0.352 e. The van der Waals surface area contributed by atoms with Crippen LogP contribution in [0.3, 0.4) is 0 Å². The molecule has 9 heteroatoms. The molecule has 1 aliphatic heterocycles. The van der Waals surface area contributed by atoms with Gasteiger partial charge in [0.15, 0.2) is 0 Å². The Kier molecular flexibility index (Phi) is 9.27. The number of carbonyl (C=O) groups excluding carboxylic acids is 1. The van der Waals surface area contributed by atoms with Gasteiger partial charge in [0.2, 0.25) is 5.91 Å². The molecule has 2 aromatic rings. The SMILES string of the molecule is Cc1nccn1-c1ccc(CNC(=O)CC2CSCCN2)cn1.Cl.Cl. The van der Waals surface area contributed by atoms with Crippen LogP contribution in [0.15, 0.2) is 30.7 Å².